The lowest BCUT2D eigenvalue weighted by Crippen LogP contribution is -2.63. The van der Waals surface area contributed by atoms with Crippen molar-refractivity contribution >= 4 is 0 Å². The molecular formula is C14H30N2O2. The highest BCUT2D eigenvalue weighted by molar-refractivity contribution is 4.96. The van der Waals surface area contributed by atoms with Gasteiger partial charge in [0, 0.05) is 24.7 Å². The van der Waals surface area contributed by atoms with Gasteiger partial charge in [-0.2, -0.15) is 0 Å². The summed E-state index contributed by atoms with van der Waals surface area (Å²) < 4.78 is 5.73. The minimum atomic E-state index is -0.0477. The van der Waals surface area contributed by atoms with E-state index in [1.54, 1.807) is 0 Å². The van der Waals surface area contributed by atoms with Gasteiger partial charge < -0.3 is 15.2 Å². The first-order valence-corrected chi connectivity index (χ1v) is 7.22. The van der Waals surface area contributed by atoms with Crippen LogP contribution in [0.25, 0.3) is 0 Å². The van der Waals surface area contributed by atoms with E-state index < -0.39 is 0 Å². The Balaban J connectivity index is 2.79. The molecule has 0 aliphatic carbocycles. The molecular weight excluding hydrogens is 228 g/mol. The number of rotatable bonds is 6. The van der Waals surface area contributed by atoms with E-state index in [0.717, 1.165) is 26.1 Å². The summed E-state index contributed by atoms with van der Waals surface area (Å²) in [5.41, 5.74) is 0.113. The Kier molecular flexibility index (Phi) is 6.05. The normalized spacial score (nSPS) is 31.0. The molecule has 2 N–H and O–H groups in total. The van der Waals surface area contributed by atoms with Crippen LogP contribution in [0.4, 0.5) is 0 Å². The second-order valence-corrected chi connectivity index (χ2v) is 5.65. The van der Waals surface area contributed by atoms with Gasteiger partial charge in [-0.15, -0.1) is 0 Å². The van der Waals surface area contributed by atoms with Crippen molar-refractivity contribution in [3.8, 4) is 0 Å². The molecule has 4 nitrogen and oxygen atoms in total. The predicted octanol–water partition coefficient (Wildman–Crippen LogP) is 1.23. The fourth-order valence-corrected chi connectivity index (χ4v) is 2.89. The molecule has 108 valence electrons. The lowest BCUT2D eigenvalue weighted by Gasteiger charge is -2.50. The van der Waals surface area contributed by atoms with E-state index >= 15 is 0 Å². The van der Waals surface area contributed by atoms with Gasteiger partial charge in [0.05, 0.1) is 18.8 Å². The Morgan fingerprint density at radius 2 is 2.11 bits per heavy atom. The van der Waals surface area contributed by atoms with Gasteiger partial charge in [0.1, 0.15) is 0 Å². The number of nitrogens with zero attached hydrogens (tertiary/aromatic N) is 1. The average Bonchev–Trinajstić information content (AvgIpc) is 2.37. The van der Waals surface area contributed by atoms with Crippen LogP contribution in [0.1, 0.15) is 41.0 Å². The van der Waals surface area contributed by atoms with E-state index in [2.05, 4.69) is 44.8 Å². The fraction of sp³-hybridized carbons (Fsp3) is 1.00. The van der Waals surface area contributed by atoms with E-state index in [4.69, 9.17) is 4.74 Å². The van der Waals surface area contributed by atoms with Gasteiger partial charge in [0.2, 0.25) is 0 Å². The summed E-state index contributed by atoms with van der Waals surface area (Å²) >= 11 is 0. The molecule has 0 spiro atoms. The van der Waals surface area contributed by atoms with Crippen LogP contribution < -0.4 is 5.32 Å². The van der Waals surface area contributed by atoms with Gasteiger partial charge in [0.15, 0.2) is 0 Å². The van der Waals surface area contributed by atoms with Crippen molar-refractivity contribution in [3.05, 3.63) is 0 Å². The van der Waals surface area contributed by atoms with Gasteiger partial charge in [-0.1, -0.05) is 13.8 Å². The van der Waals surface area contributed by atoms with E-state index in [9.17, 15) is 5.11 Å². The van der Waals surface area contributed by atoms with Gasteiger partial charge in [0.25, 0.3) is 0 Å². The summed E-state index contributed by atoms with van der Waals surface area (Å²) in [4.78, 5) is 2.48. The highest BCUT2D eigenvalue weighted by Gasteiger charge is 2.39. The maximum absolute atomic E-state index is 9.34. The molecule has 0 amide bonds. The Hall–Kier alpha value is -0.160. The zero-order valence-corrected chi connectivity index (χ0v) is 12.6. The summed E-state index contributed by atoms with van der Waals surface area (Å²) in [6, 6.07) is 0.428. The molecule has 1 fully saturated rings. The summed E-state index contributed by atoms with van der Waals surface area (Å²) in [6.07, 6.45) is 1.23. The van der Waals surface area contributed by atoms with Crippen molar-refractivity contribution in [2.45, 2.75) is 64.8 Å². The van der Waals surface area contributed by atoms with E-state index in [0.29, 0.717) is 6.04 Å². The molecule has 1 saturated heterocycles. The van der Waals surface area contributed by atoms with Crippen LogP contribution >= 0.6 is 0 Å². The Morgan fingerprint density at radius 1 is 1.44 bits per heavy atom. The number of nitrogens with one attached hydrogen (secondary N) is 1. The van der Waals surface area contributed by atoms with Crippen molar-refractivity contribution in [1.82, 2.24) is 10.2 Å². The smallest absolute Gasteiger partial charge is 0.0936 e. The van der Waals surface area contributed by atoms with Crippen molar-refractivity contribution < 1.29 is 9.84 Å². The van der Waals surface area contributed by atoms with Crippen molar-refractivity contribution in [3.63, 3.8) is 0 Å². The molecule has 1 heterocycles. The second-order valence-electron chi connectivity index (χ2n) is 5.65. The molecule has 4 atom stereocenters. The summed E-state index contributed by atoms with van der Waals surface area (Å²) in [5.74, 6) is 0. The first-order valence-electron chi connectivity index (χ1n) is 7.22. The highest BCUT2D eigenvalue weighted by Crippen LogP contribution is 2.27. The second kappa shape index (κ2) is 6.85. The molecule has 1 aliphatic rings. The standard InChI is InChI=1S/C14H30N2O2/c1-6-14(5,12(4)15-7-2)16-8-11(3)18-13(9-16)10-17/h11-13,15,17H,6-10H2,1-5H3. The third-order valence-corrected chi connectivity index (χ3v) is 4.41. The molecule has 0 bridgehead atoms. The molecule has 0 radical (unpaired) electrons. The first-order chi connectivity index (χ1) is 8.47. The third-order valence-electron chi connectivity index (χ3n) is 4.41. The summed E-state index contributed by atoms with van der Waals surface area (Å²) in [7, 11) is 0. The minimum absolute atomic E-state index is 0.0477. The van der Waals surface area contributed by atoms with Crippen LogP contribution in [0, 0.1) is 0 Å². The number of aliphatic hydroxyl groups is 1. The molecule has 1 aliphatic heterocycles. The van der Waals surface area contributed by atoms with Crippen LogP contribution in [-0.4, -0.2) is 60.0 Å². The molecule has 4 heteroatoms. The van der Waals surface area contributed by atoms with Gasteiger partial charge >= 0.3 is 0 Å². The van der Waals surface area contributed by atoms with Crippen molar-refractivity contribution in [1.29, 1.82) is 0 Å². The zero-order chi connectivity index (χ0) is 13.8. The Labute approximate surface area is 112 Å². The zero-order valence-electron chi connectivity index (χ0n) is 12.6. The Bertz CT molecular complexity index is 250. The topological polar surface area (TPSA) is 44.7 Å². The molecule has 18 heavy (non-hydrogen) atoms. The SMILES string of the molecule is CCNC(C)C(C)(CC)N1CC(C)OC(CO)C1. The molecule has 0 aromatic rings. The van der Waals surface area contributed by atoms with Crippen LogP contribution in [0.2, 0.25) is 0 Å². The van der Waals surface area contributed by atoms with Crippen molar-refractivity contribution in [2.24, 2.45) is 0 Å². The molecule has 0 aromatic heterocycles. The summed E-state index contributed by atoms with van der Waals surface area (Å²) in [5, 5.41) is 12.9. The number of hydrogen-bond donors (Lipinski definition) is 2. The molecule has 1 rings (SSSR count). The van der Waals surface area contributed by atoms with Crippen LogP contribution in [-0.2, 0) is 4.74 Å². The van der Waals surface area contributed by atoms with Gasteiger partial charge in [-0.25, -0.2) is 0 Å². The summed E-state index contributed by atoms with van der Waals surface area (Å²) in [6.45, 7) is 13.9. The maximum Gasteiger partial charge on any atom is 0.0936 e. The monoisotopic (exact) mass is 258 g/mol. The number of likely N-dealkylation sites (N-methyl/N-ethyl adjacent to an activating group) is 1. The van der Waals surface area contributed by atoms with Gasteiger partial charge in [-0.3, -0.25) is 4.90 Å². The Morgan fingerprint density at radius 3 is 2.61 bits per heavy atom. The number of hydrogen-bond acceptors (Lipinski definition) is 4. The lowest BCUT2D eigenvalue weighted by molar-refractivity contribution is -0.126. The van der Waals surface area contributed by atoms with E-state index in [1.165, 1.54) is 0 Å². The lowest BCUT2D eigenvalue weighted by atomic mass is 9.87. The predicted molar refractivity (Wildman–Crippen MR) is 74.8 cm³/mol. The molecule has 0 aromatic carbocycles. The number of aliphatic hydroxyl groups excluding tert-OH is 1. The molecule has 4 unspecified atom stereocenters. The minimum Gasteiger partial charge on any atom is -0.394 e. The molecule has 0 saturated carbocycles. The largest absolute Gasteiger partial charge is 0.394 e. The maximum atomic E-state index is 9.34. The fourth-order valence-electron chi connectivity index (χ4n) is 2.89. The van der Waals surface area contributed by atoms with Crippen LogP contribution in [0.5, 0.6) is 0 Å². The number of morpholine rings is 1. The highest BCUT2D eigenvalue weighted by atomic mass is 16.5. The number of ether oxygens (including phenoxy) is 1. The van der Waals surface area contributed by atoms with Crippen molar-refractivity contribution in [2.75, 3.05) is 26.2 Å². The average molecular weight is 258 g/mol. The van der Waals surface area contributed by atoms with Crippen LogP contribution in [0.15, 0.2) is 0 Å². The van der Waals surface area contributed by atoms with E-state index in [-0.39, 0.29) is 24.4 Å². The third kappa shape index (κ3) is 3.44. The first kappa shape index (κ1) is 15.9. The van der Waals surface area contributed by atoms with Gasteiger partial charge in [-0.05, 0) is 33.7 Å². The quantitative estimate of drug-likeness (QED) is 0.752. The van der Waals surface area contributed by atoms with Crippen LogP contribution in [0.3, 0.4) is 0 Å². The van der Waals surface area contributed by atoms with E-state index in [1.807, 2.05) is 0 Å².